The number of nitro benzene ring substituents is 1. The number of hydrogen-bond acceptors (Lipinski definition) is 4. The second-order valence-corrected chi connectivity index (χ2v) is 4.71. The third-order valence-electron chi connectivity index (χ3n) is 3.23. The molecular formula is C17H13N3O3. The summed E-state index contributed by atoms with van der Waals surface area (Å²) in [6.45, 7) is 0. The predicted octanol–water partition coefficient (Wildman–Crippen LogP) is 3.14. The summed E-state index contributed by atoms with van der Waals surface area (Å²) in [6.07, 6.45) is 2.67. The van der Waals surface area contributed by atoms with Crippen LogP contribution in [-0.2, 0) is 4.79 Å². The number of hydrogen-bond donors (Lipinski definition) is 0. The Kier molecular flexibility index (Phi) is 4.85. The maximum absolute atomic E-state index is 12.2. The van der Waals surface area contributed by atoms with Crippen molar-refractivity contribution in [3.05, 3.63) is 75.8 Å². The highest BCUT2D eigenvalue weighted by molar-refractivity contribution is 6.03. The van der Waals surface area contributed by atoms with Crippen LogP contribution < -0.4 is 4.90 Å². The topological polar surface area (TPSA) is 87.2 Å². The van der Waals surface area contributed by atoms with Gasteiger partial charge in [0.05, 0.1) is 22.1 Å². The molecule has 0 aromatic heterocycles. The number of nitriles is 1. The van der Waals surface area contributed by atoms with E-state index in [1.165, 1.54) is 23.1 Å². The van der Waals surface area contributed by atoms with Gasteiger partial charge < -0.3 is 4.90 Å². The fourth-order valence-corrected chi connectivity index (χ4v) is 1.98. The van der Waals surface area contributed by atoms with Crippen molar-refractivity contribution in [2.45, 2.75) is 0 Å². The minimum absolute atomic E-state index is 0.0642. The Morgan fingerprint density at radius 1 is 1.26 bits per heavy atom. The molecule has 0 aliphatic rings. The van der Waals surface area contributed by atoms with Crippen LogP contribution in [0.15, 0.2) is 54.6 Å². The Morgan fingerprint density at radius 2 is 2.00 bits per heavy atom. The van der Waals surface area contributed by atoms with Gasteiger partial charge in [-0.05, 0) is 30.3 Å². The van der Waals surface area contributed by atoms with Gasteiger partial charge in [0, 0.05) is 24.9 Å². The molecule has 23 heavy (non-hydrogen) atoms. The van der Waals surface area contributed by atoms with E-state index in [0.717, 1.165) is 0 Å². The number of anilines is 1. The van der Waals surface area contributed by atoms with Gasteiger partial charge in [0.25, 0.3) is 11.6 Å². The fraction of sp³-hybridized carbons (Fsp3) is 0.0588. The summed E-state index contributed by atoms with van der Waals surface area (Å²) in [6, 6.07) is 14.8. The fourth-order valence-electron chi connectivity index (χ4n) is 1.98. The van der Waals surface area contributed by atoms with E-state index in [4.69, 9.17) is 5.26 Å². The highest BCUT2D eigenvalue weighted by Crippen LogP contribution is 2.20. The highest BCUT2D eigenvalue weighted by atomic mass is 16.6. The van der Waals surface area contributed by atoms with Crippen LogP contribution in [0.4, 0.5) is 11.4 Å². The summed E-state index contributed by atoms with van der Waals surface area (Å²) in [7, 11) is 1.57. The molecule has 114 valence electrons. The molecule has 2 aromatic rings. The van der Waals surface area contributed by atoms with Gasteiger partial charge in [0.2, 0.25) is 0 Å². The maximum atomic E-state index is 12.2. The van der Waals surface area contributed by atoms with Crippen LogP contribution in [0.2, 0.25) is 0 Å². The first-order chi connectivity index (χ1) is 11.0. The molecule has 0 bridgehead atoms. The predicted molar refractivity (Wildman–Crippen MR) is 86.7 cm³/mol. The van der Waals surface area contributed by atoms with Gasteiger partial charge >= 0.3 is 0 Å². The average Bonchev–Trinajstić information content (AvgIpc) is 2.59. The van der Waals surface area contributed by atoms with Crippen molar-refractivity contribution in [1.82, 2.24) is 0 Å². The van der Waals surface area contributed by atoms with Gasteiger partial charge in [-0.15, -0.1) is 0 Å². The van der Waals surface area contributed by atoms with Crippen LogP contribution in [0.5, 0.6) is 0 Å². The molecule has 0 heterocycles. The Balaban J connectivity index is 2.21. The molecule has 2 rings (SSSR count). The molecular weight excluding hydrogens is 294 g/mol. The van der Waals surface area contributed by atoms with Gasteiger partial charge in [0.15, 0.2) is 0 Å². The van der Waals surface area contributed by atoms with E-state index in [0.29, 0.717) is 16.8 Å². The second-order valence-electron chi connectivity index (χ2n) is 4.71. The van der Waals surface area contributed by atoms with Crippen LogP contribution in [0, 0.1) is 21.4 Å². The molecule has 0 N–H and O–H groups in total. The van der Waals surface area contributed by atoms with Gasteiger partial charge in [-0.2, -0.15) is 5.26 Å². The molecule has 6 nitrogen and oxygen atoms in total. The SMILES string of the molecule is CN(C(=O)/C=C/c1ccccc1[N+](=O)[O-])c1cccc(C#N)c1. The van der Waals surface area contributed by atoms with Crippen molar-refractivity contribution in [3.8, 4) is 6.07 Å². The van der Waals surface area contributed by atoms with Crippen LogP contribution in [0.1, 0.15) is 11.1 Å². The Morgan fingerprint density at radius 3 is 2.70 bits per heavy atom. The Hall–Kier alpha value is -3.46. The van der Waals surface area contributed by atoms with E-state index in [1.807, 2.05) is 6.07 Å². The minimum Gasteiger partial charge on any atom is -0.312 e. The molecule has 6 heteroatoms. The highest BCUT2D eigenvalue weighted by Gasteiger charge is 2.12. The molecule has 0 aliphatic carbocycles. The Labute approximate surface area is 133 Å². The van der Waals surface area contributed by atoms with Crippen molar-refractivity contribution in [3.63, 3.8) is 0 Å². The van der Waals surface area contributed by atoms with Gasteiger partial charge in [0.1, 0.15) is 0 Å². The van der Waals surface area contributed by atoms with Crippen molar-refractivity contribution < 1.29 is 9.72 Å². The lowest BCUT2D eigenvalue weighted by molar-refractivity contribution is -0.385. The summed E-state index contributed by atoms with van der Waals surface area (Å²) < 4.78 is 0. The first-order valence-electron chi connectivity index (χ1n) is 6.72. The third kappa shape index (κ3) is 3.80. The summed E-state index contributed by atoms with van der Waals surface area (Å²) in [4.78, 5) is 24.0. The number of amides is 1. The lowest BCUT2D eigenvalue weighted by Crippen LogP contribution is -2.23. The van der Waals surface area contributed by atoms with Crippen molar-refractivity contribution in [1.29, 1.82) is 5.26 Å². The lowest BCUT2D eigenvalue weighted by atomic mass is 10.1. The molecule has 0 saturated heterocycles. The van der Waals surface area contributed by atoms with E-state index in [-0.39, 0.29) is 11.6 Å². The van der Waals surface area contributed by atoms with E-state index in [9.17, 15) is 14.9 Å². The van der Waals surface area contributed by atoms with Gasteiger partial charge in [-0.25, -0.2) is 0 Å². The quantitative estimate of drug-likeness (QED) is 0.493. The van der Waals surface area contributed by atoms with E-state index in [1.54, 1.807) is 49.5 Å². The first-order valence-corrected chi connectivity index (χ1v) is 6.72. The number of likely N-dealkylation sites (N-methyl/N-ethyl adjacent to an activating group) is 1. The zero-order valence-electron chi connectivity index (χ0n) is 12.3. The molecule has 0 aliphatic heterocycles. The summed E-state index contributed by atoms with van der Waals surface area (Å²) in [5, 5.41) is 19.8. The molecule has 0 saturated carbocycles. The molecule has 0 fully saturated rings. The lowest BCUT2D eigenvalue weighted by Gasteiger charge is -2.15. The zero-order valence-corrected chi connectivity index (χ0v) is 12.3. The minimum atomic E-state index is -0.496. The zero-order chi connectivity index (χ0) is 16.8. The van der Waals surface area contributed by atoms with Crippen LogP contribution in [0.25, 0.3) is 6.08 Å². The molecule has 1 amide bonds. The number of nitrogens with zero attached hydrogens (tertiary/aromatic N) is 3. The normalized spacial score (nSPS) is 10.3. The molecule has 2 aromatic carbocycles. The number of rotatable bonds is 4. The molecule has 0 radical (unpaired) electrons. The number of carbonyl (C=O) groups excluding carboxylic acids is 1. The molecule has 0 unspecified atom stereocenters. The third-order valence-corrected chi connectivity index (χ3v) is 3.23. The number of para-hydroxylation sites is 1. The Bertz CT molecular complexity index is 822. The largest absolute Gasteiger partial charge is 0.312 e. The second kappa shape index (κ2) is 7.00. The molecule has 0 atom stereocenters. The number of benzene rings is 2. The van der Waals surface area contributed by atoms with Crippen molar-refractivity contribution >= 4 is 23.4 Å². The maximum Gasteiger partial charge on any atom is 0.276 e. The van der Waals surface area contributed by atoms with E-state index in [2.05, 4.69) is 0 Å². The van der Waals surface area contributed by atoms with Crippen molar-refractivity contribution in [2.24, 2.45) is 0 Å². The smallest absolute Gasteiger partial charge is 0.276 e. The van der Waals surface area contributed by atoms with E-state index < -0.39 is 4.92 Å². The number of nitro groups is 1. The van der Waals surface area contributed by atoms with Crippen LogP contribution >= 0.6 is 0 Å². The van der Waals surface area contributed by atoms with Gasteiger partial charge in [-0.3, -0.25) is 14.9 Å². The summed E-state index contributed by atoms with van der Waals surface area (Å²) in [5.74, 6) is -0.349. The molecule has 0 spiro atoms. The monoisotopic (exact) mass is 307 g/mol. The van der Waals surface area contributed by atoms with E-state index >= 15 is 0 Å². The van der Waals surface area contributed by atoms with Crippen molar-refractivity contribution in [2.75, 3.05) is 11.9 Å². The average molecular weight is 307 g/mol. The first kappa shape index (κ1) is 15.9. The van der Waals surface area contributed by atoms with Gasteiger partial charge in [-0.1, -0.05) is 18.2 Å². The summed E-state index contributed by atoms with van der Waals surface area (Å²) >= 11 is 0. The standard InChI is InChI=1S/C17H13N3O3/c1-19(15-7-4-5-13(11-15)12-18)17(21)10-9-14-6-2-3-8-16(14)20(22)23/h2-11H,1H3/b10-9+. The van der Waals surface area contributed by atoms with Crippen LogP contribution in [-0.4, -0.2) is 17.9 Å². The van der Waals surface area contributed by atoms with Crippen LogP contribution in [0.3, 0.4) is 0 Å². The number of carbonyl (C=O) groups is 1. The summed E-state index contributed by atoms with van der Waals surface area (Å²) in [5.41, 5.74) is 1.31.